The van der Waals surface area contributed by atoms with E-state index < -0.39 is 11.7 Å². The molecule has 0 saturated carbocycles. The van der Waals surface area contributed by atoms with Crippen LogP contribution in [0, 0.1) is 0 Å². The van der Waals surface area contributed by atoms with E-state index in [0.717, 1.165) is 12.1 Å². The molecule has 1 atom stereocenters. The molecule has 0 spiro atoms. The largest absolute Gasteiger partial charge is 0.487 e. The molecule has 0 bridgehead atoms. The Kier molecular flexibility index (Phi) is 5.87. The minimum absolute atomic E-state index is 0.0480. The van der Waals surface area contributed by atoms with Gasteiger partial charge in [0.25, 0.3) is 0 Å². The SMILES string of the molecule is CC(C=CCO)Oc1ccc(Oc2ccc(C(F)(F)F)cc2)cc1. The van der Waals surface area contributed by atoms with Crippen LogP contribution in [0.5, 0.6) is 17.2 Å². The Morgan fingerprint density at radius 2 is 1.46 bits per heavy atom. The summed E-state index contributed by atoms with van der Waals surface area (Å²) in [5, 5.41) is 8.70. The van der Waals surface area contributed by atoms with Gasteiger partial charge >= 0.3 is 6.18 Å². The van der Waals surface area contributed by atoms with Gasteiger partial charge in [0.05, 0.1) is 12.2 Å². The van der Waals surface area contributed by atoms with Crippen molar-refractivity contribution in [3.63, 3.8) is 0 Å². The molecule has 0 aliphatic heterocycles. The average molecular weight is 338 g/mol. The van der Waals surface area contributed by atoms with Crippen molar-refractivity contribution in [2.24, 2.45) is 0 Å². The second kappa shape index (κ2) is 7.88. The molecular weight excluding hydrogens is 321 g/mol. The fourth-order valence-corrected chi connectivity index (χ4v) is 1.94. The fraction of sp³-hybridized carbons (Fsp3) is 0.222. The van der Waals surface area contributed by atoms with Crippen molar-refractivity contribution in [3.8, 4) is 17.2 Å². The second-order valence-corrected chi connectivity index (χ2v) is 5.03. The molecule has 0 fully saturated rings. The Morgan fingerprint density at radius 3 is 1.96 bits per heavy atom. The van der Waals surface area contributed by atoms with Gasteiger partial charge in [-0.25, -0.2) is 0 Å². The zero-order valence-corrected chi connectivity index (χ0v) is 13.0. The van der Waals surface area contributed by atoms with E-state index in [2.05, 4.69) is 0 Å². The molecule has 0 radical (unpaired) electrons. The molecule has 0 saturated heterocycles. The lowest BCUT2D eigenvalue weighted by Gasteiger charge is -2.12. The van der Waals surface area contributed by atoms with Crippen LogP contribution in [-0.4, -0.2) is 17.8 Å². The van der Waals surface area contributed by atoms with Crippen molar-refractivity contribution in [3.05, 3.63) is 66.2 Å². The van der Waals surface area contributed by atoms with Gasteiger partial charge in [-0.1, -0.05) is 6.08 Å². The number of benzene rings is 2. The van der Waals surface area contributed by atoms with Crippen molar-refractivity contribution in [1.82, 2.24) is 0 Å². The molecule has 3 nitrogen and oxygen atoms in total. The molecule has 0 amide bonds. The lowest BCUT2D eigenvalue weighted by Crippen LogP contribution is -2.08. The van der Waals surface area contributed by atoms with Crippen LogP contribution >= 0.6 is 0 Å². The maximum absolute atomic E-state index is 12.5. The van der Waals surface area contributed by atoms with Crippen LogP contribution in [0.2, 0.25) is 0 Å². The molecule has 2 rings (SSSR count). The van der Waals surface area contributed by atoms with Gasteiger partial charge in [-0.15, -0.1) is 0 Å². The van der Waals surface area contributed by atoms with Gasteiger partial charge < -0.3 is 14.6 Å². The summed E-state index contributed by atoms with van der Waals surface area (Å²) in [6, 6.07) is 11.2. The van der Waals surface area contributed by atoms with Crippen molar-refractivity contribution >= 4 is 0 Å². The van der Waals surface area contributed by atoms with Crippen LogP contribution in [0.3, 0.4) is 0 Å². The number of halogens is 3. The van der Waals surface area contributed by atoms with Gasteiger partial charge in [0.15, 0.2) is 0 Å². The Balaban J connectivity index is 1.97. The van der Waals surface area contributed by atoms with Crippen molar-refractivity contribution in [2.45, 2.75) is 19.2 Å². The van der Waals surface area contributed by atoms with Crippen LogP contribution < -0.4 is 9.47 Å². The Labute approximate surface area is 138 Å². The van der Waals surface area contributed by atoms with Gasteiger partial charge in [-0.3, -0.25) is 0 Å². The van der Waals surface area contributed by atoms with E-state index in [1.54, 1.807) is 36.4 Å². The maximum atomic E-state index is 12.5. The molecule has 0 aliphatic carbocycles. The van der Waals surface area contributed by atoms with Crippen molar-refractivity contribution in [1.29, 1.82) is 0 Å². The summed E-state index contributed by atoms with van der Waals surface area (Å²) in [5.41, 5.74) is -0.719. The third-order valence-electron chi connectivity index (χ3n) is 3.08. The summed E-state index contributed by atoms with van der Waals surface area (Å²) >= 11 is 0. The number of alkyl halides is 3. The Morgan fingerprint density at radius 1 is 0.958 bits per heavy atom. The third-order valence-corrected chi connectivity index (χ3v) is 3.08. The summed E-state index contributed by atoms with van der Waals surface area (Å²) in [4.78, 5) is 0. The number of hydrogen-bond donors (Lipinski definition) is 1. The number of hydrogen-bond acceptors (Lipinski definition) is 3. The van der Waals surface area contributed by atoms with Gasteiger partial charge in [-0.05, 0) is 61.5 Å². The first-order valence-corrected chi connectivity index (χ1v) is 7.28. The summed E-state index contributed by atoms with van der Waals surface area (Å²) in [6.45, 7) is 1.78. The first-order valence-electron chi connectivity index (χ1n) is 7.28. The lowest BCUT2D eigenvalue weighted by atomic mass is 10.2. The number of ether oxygens (including phenoxy) is 2. The molecule has 6 heteroatoms. The monoisotopic (exact) mass is 338 g/mol. The molecule has 0 heterocycles. The third kappa shape index (κ3) is 5.31. The minimum atomic E-state index is -4.36. The topological polar surface area (TPSA) is 38.7 Å². The molecule has 1 unspecified atom stereocenters. The maximum Gasteiger partial charge on any atom is 0.416 e. The van der Waals surface area contributed by atoms with E-state index in [-0.39, 0.29) is 12.7 Å². The Hall–Kier alpha value is -2.47. The zero-order chi connectivity index (χ0) is 17.6. The summed E-state index contributed by atoms with van der Waals surface area (Å²) in [6.07, 6.45) is -1.24. The molecule has 24 heavy (non-hydrogen) atoms. The fourth-order valence-electron chi connectivity index (χ4n) is 1.94. The van der Waals surface area contributed by atoms with Crippen LogP contribution in [0.15, 0.2) is 60.7 Å². The van der Waals surface area contributed by atoms with E-state index in [0.29, 0.717) is 17.2 Å². The van der Waals surface area contributed by atoms with E-state index in [1.807, 2.05) is 6.92 Å². The zero-order valence-electron chi connectivity index (χ0n) is 13.0. The first kappa shape index (κ1) is 17.9. The van der Waals surface area contributed by atoms with Gasteiger partial charge in [0.1, 0.15) is 23.4 Å². The van der Waals surface area contributed by atoms with Crippen LogP contribution in [0.1, 0.15) is 12.5 Å². The quantitative estimate of drug-likeness (QED) is 0.768. The first-order chi connectivity index (χ1) is 11.4. The van der Waals surface area contributed by atoms with E-state index in [9.17, 15) is 13.2 Å². The number of aliphatic hydroxyl groups excluding tert-OH is 1. The molecule has 2 aromatic rings. The van der Waals surface area contributed by atoms with Crippen molar-refractivity contribution < 1.29 is 27.8 Å². The molecule has 1 N–H and O–H groups in total. The molecule has 0 aromatic heterocycles. The van der Waals surface area contributed by atoms with E-state index in [1.165, 1.54) is 12.1 Å². The predicted octanol–water partition coefficient (Wildman–Crippen LogP) is 4.81. The number of rotatable bonds is 6. The van der Waals surface area contributed by atoms with Gasteiger partial charge in [-0.2, -0.15) is 13.2 Å². The lowest BCUT2D eigenvalue weighted by molar-refractivity contribution is -0.137. The van der Waals surface area contributed by atoms with Gasteiger partial charge in [0, 0.05) is 0 Å². The summed E-state index contributed by atoms with van der Waals surface area (Å²) < 4.78 is 48.6. The molecular formula is C18H17F3O3. The predicted molar refractivity (Wildman–Crippen MR) is 84.3 cm³/mol. The van der Waals surface area contributed by atoms with Crippen molar-refractivity contribution in [2.75, 3.05) is 6.61 Å². The number of aliphatic hydroxyl groups is 1. The van der Waals surface area contributed by atoms with E-state index in [4.69, 9.17) is 14.6 Å². The highest BCUT2D eigenvalue weighted by Gasteiger charge is 2.30. The Bertz CT molecular complexity index is 661. The second-order valence-electron chi connectivity index (χ2n) is 5.03. The summed E-state index contributed by atoms with van der Waals surface area (Å²) in [7, 11) is 0. The van der Waals surface area contributed by atoms with E-state index >= 15 is 0 Å². The summed E-state index contributed by atoms with van der Waals surface area (Å²) in [5.74, 6) is 1.42. The normalized spacial score (nSPS) is 13.0. The highest BCUT2D eigenvalue weighted by molar-refractivity contribution is 5.36. The molecule has 2 aromatic carbocycles. The minimum Gasteiger partial charge on any atom is -0.487 e. The standard InChI is InChI=1S/C18H17F3O3/c1-13(3-2-12-22)23-15-8-10-17(11-9-15)24-16-6-4-14(5-7-16)18(19,20)21/h2-11,13,22H,12H2,1H3. The highest BCUT2D eigenvalue weighted by Crippen LogP contribution is 2.31. The smallest absolute Gasteiger partial charge is 0.416 e. The molecule has 0 aliphatic rings. The highest BCUT2D eigenvalue weighted by atomic mass is 19.4. The van der Waals surface area contributed by atoms with Gasteiger partial charge in [0.2, 0.25) is 0 Å². The van der Waals surface area contributed by atoms with Crippen LogP contribution in [0.4, 0.5) is 13.2 Å². The van der Waals surface area contributed by atoms with Crippen LogP contribution in [0.25, 0.3) is 0 Å². The average Bonchev–Trinajstić information content (AvgIpc) is 2.54. The van der Waals surface area contributed by atoms with Crippen LogP contribution in [-0.2, 0) is 6.18 Å². The molecule has 128 valence electrons.